The maximum Gasteiger partial charge on any atom is 0.0991 e. The zero-order valence-electron chi connectivity index (χ0n) is 10.7. The number of benzene rings is 2. The lowest BCUT2D eigenvalue weighted by Crippen LogP contribution is -2.01. The molecule has 3 nitrogen and oxygen atoms in total. The number of nitrogens with zero attached hydrogens (tertiary/aromatic N) is 2. The fourth-order valence-corrected chi connectivity index (χ4v) is 2.68. The second kappa shape index (κ2) is 5.03. The molecule has 2 aromatic carbocycles. The molecule has 98 valence electrons. The minimum Gasteiger partial charge on any atom is -0.398 e. The second-order valence-corrected chi connectivity index (χ2v) is 5.59. The number of aromatic nitrogens is 1. The van der Waals surface area contributed by atoms with E-state index in [9.17, 15) is 0 Å². The summed E-state index contributed by atoms with van der Waals surface area (Å²) in [5.74, 6) is 0. The van der Waals surface area contributed by atoms with Crippen LogP contribution in [0.3, 0.4) is 0 Å². The number of nitrogen functional groups attached to an aromatic ring is 1. The molecule has 0 spiro atoms. The SMILES string of the molecule is N#Cc1ccc2c(ccn2Cc2ccc(Br)cc2N)c1. The summed E-state index contributed by atoms with van der Waals surface area (Å²) in [7, 11) is 0. The van der Waals surface area contributed by atoms with E-state index >= 15 is 0 Å². The van der Waals surface area contributed by atoms with Crippen LogP contribution < -0.4 is 5.73 Å². The molecule has 0 unspecified atom stereocenters. The van der Waals surface area contributed by atoms with Crippen molar-refractivity contribution in [2.75, 3.05) is 5.73 Å². The van der Waals surface area contributed by atoms with Gasteiger partial charge in [0.05, 0.1) is 11.6 Å². The van der Waals surface area contributed by atoms with E-state index in [4.69, 9.17) is 11.0 Å². The van der Waals surface area contributed by atoms with Gasteiger partial charge in [0.2, 0.25) is 0 Å². The van der Waals surface area contributed by atoms with Gasteiger partial charge in [0.1, 0.15) is 0 Å². The number of hydrogen-bond acceptors (Lipinski definition) is 2. The van der Waals surface area contributed by atoms with Crippen LogP contribution in [0.4, 0.5) is 5.69 Å². The molecule has 3 rings (SSSR count). The van der Waals surface area contributed by atoms with Crippen molar-refractivity contribution in [2.24, 2.45) is 0 Å². The molecule has 0 saturated heterocycles. The summed E-state index contributed by atoms with van der Waals surface area (Å²) in [6, 6.07) is 15.8. The summed E-state index contributed by atoms with van der Waals surface area (Å²) >= 11 is 3.41. The van der Waals surface area contributed by atoms with Crippen LogP contribution in [-0.4, -0.2) is 4.57 Å². The Morgan fingerprint density at radius 1 is 1.15 bits per heavy atom. The molecular weight excluding hydrogens is 314 g/mol. The number of halogens is 1. The van der Waals surface area contributed by atoms with Crippen LogP contribution in [0.5, 0.6) is 0 Å². The van der Waals surface area contributed by atoms with Crippen molar-refractivity contribution in [3.8, 4) is 6.07 Å². The van der Waals surface area contributed by atoms with Crippen molar-refractivity contribution in [2.45, 2.75) is 6.54 Å². The van der Waals surface area contributed by atoms with E-state index in [1.54, 1.807) is 0 Å². The highest BCUT2D eigenvalue weighted by molar-refractivity contribution is 9.10. The topological polar surface area (TPSA) is 54.7 Å². The van der Waals surface area contributed by atoms with Gasteiger partial charge in [-0.1, -0.05) is 22.0 Å². The smallest absolute Gasteiger partial charge is 0.0991 e. The van der Waals surface area contributed by atoms with Gasteiger partial charge in [0.15, 0.2) is 0 Å². The minimum absolute atomic E-state index is 0.679. The molecule has 0 fully saturated rings. The van der Waals surface area contributed by atoms with E-state index in [1.807, 2.05) is 48.7 Å². The first-order valence-electron chi connectivity index (χ1n) is 6.20. The molecule has 0 aliphatic heterocycles. The zero-order valence-corrected chi connectivity index (χ0v) is 12.3. The lowest BCUT2D eigenvalue weighted by Gasteiger charge is -2.09. The third-order valence-corrected chi connectivity index (χ3v) is 3.84. The van der Waals surface area contributed by atoms with Crippen LogP contribution >= 0.6 is 15.9 Å². The molecule has 20 heavy (non-hydrogen) atoms. The fourth-order valence-electron chi connectivity index (χ4n) is 2.30. The second-order valence-electron chi connectivity index (χ2n) is 4.67. The molecular formula is C16H12BrN3. The van der Waals surface area contributed by atoms with Crippen LogP contribution in [0.1, 0.15) is 11.1 Å². The van der Waals surface area contributed by atoms with Gasteiger partial charge >= 0.3 is 0 Å². The number of hydrogen-bond donors (Lipinski definition) is 1. The van der Waals surface area contributed by atoms with Gasteiger partial charge in [-0.25, -0.2) is 0 Å². The van der Waals surface area contributed by atoms with Crippen molar-refractivity contribution in [1.29, 1.82) is 5.26 Å². The van der Waals surface area contributed by atoms with Crippen molar-refractivity contribution in [3.05, 3.63) is 64.3 Å². The fraction of sp³-hybridized carbons (Fsp3) is 0.0625. The Morgan fingerprint density at radius 2 is 2.00 bits per heavy atom. The van der Waals surface area contributed by atoms with Crippen molar-refractivity contribution in [3.63, 3.8) is 0 Å². The molecule has 0 radical (unpaired) electrons. The molecule has 1 heterocycles. The molecule has 2 N–H and O–H groups in total. The van der Waals surface area contributed by atoms with E-state index in [0.29, 0.717) is 12.1 Å². The first-order valence-corrected chi connectivity index (χ1v) is 6.99. The molecule has 3 aromatic rings. The molecule has 1 aromatic heterocycles. The summed E-state index contributed by atoms with van der Waals surface area (Å²) in [5.41, 5.74) is 9.68. The summed E-state index contributed by atoms with van der Waals surface area (Å²) < 4.78 is 3.12. The highest BCUT2D eigenvalue weighted by Crippen LogP contribution is 2.23. The summed E-state index contributed by atoms with van der Waals surface area (Å²) in [6.07, 6.45) is 2.02. The predicted molar refractivity (Wildman–Crippen MR) is 84.3 cm³/mol. The number of rotatable bonds is 2. The van der Waals surface area contributed by atoms with E-state index in [0.717, 1.165) is 26.6 Å². The normalized spacial score (nSPS) is 10.6. The van der Waals surface area contributed by atoms with Crippen molar-refractivity contribution in [1.82, 2.24) is 4.57 Å². The molecule has 4 heteroatoms. The predicted octanol–water partition coefficient (Wildman–Crippen LogP) is 3.91. The Balaban J connectivity index is 2.01. The van der Waals surface area contributed by atoms with E-state index in [1.165, 1.54) is 0 Å². The highest BCUT2D eigenvalue weighted by Gasteiger charge is 2.05. The Bertz CT molecular complexity index is 827. The quantitative estimate of drug-likeness (QED) is 0.726. The maximum atomic E-state index is 8.92. The van der Waals surface area contributed by atoms with Crippen LogP contribution in [0, 0.1) is 11.3 Å². The maximum absolute atomic E-state index is 8.92. The third-order valence-electron chi connectivity index (χ3n) is 3.35. The van der Waals surface area contributed by atoms with Gasteiger partial charge in [-0.3, -0.25) is 0 Å². The lowest BCUT2D eigenvalue weighted by molar-refractivity contribution is 0.839. The van der Waals surface area contributed by atoms with Gasteiger partial charge in [-0.15, -0.1) is 0 Å². The largest absolute Gasteiger partial charge is 0.398 e. The minimum atomic E-state index is 0.679. The van der Waals surface area contributed by atoms with Crippen LogP contribution in [0.15, 0.2) is 53.1 Å². The third kappa shape index (κ3) is 2.28. The average molecular weight is 326 g/mol. The standard InChI is InChI=1S/C16H12BrN3/c17-14-3-2-13(15(19)8-14)10-20-6-5-12-7-11(9-18)1-4-16(12)20/h1-8H,10,19H2. The van der Waals surface area contributed by atoms with Crippen LogP contribution in [0.25, 0.3) is 10.9 Å². The first-order chi connectivity index (χ1) is 9.67. The Morgan fingerprint density at radius 3 is 2.75 bits per heavy atom. The van der Waals surface area contributed by atoms with Gasteiger partial charge in [0.25, 0.3) is 0 Å². The van der Waals surface area contributed by atoms with Crippen molar-refractivity contribution >= 4 is 32.5 Å². The number of nitrogens with two attached hydrogens (primary N) is 1. The van der Waals surface area contributed by atoms with E-state index in [2.05, 4.69) is 26.6 Å². The van der Waals surface area contributed by atoms with Crippen molar-refractivity contribution < 1.29 is 0 Å². The van der Waals surface area contributed by atoms with Gasteiger partial charge in [0, 0.05) is 33.8 Å². The monoisotopic (exact) mass is 325 g/mol. The summed E-state index contributed by atoms with van der Waals surface area (Å²) in [6.45, 7) is 0.717. The number of fused-ring (bicyclic) bond motifs is 1. The average Bonchev–Trinajstić information content (AvgIpc) is 2.84. The molecule has 0 bridgehead atoms. The van der Waals surface area contributed by atoms with Crippen LogP contribution in [-0.2, 0) is 6.54 Å². The molecule has 0 atom stereocenters. The van der Waals surface area contributed by atoms with E-state index in [-0.39, 0.29) is 0 Å². The Hall–Kier alpha value is -2.25. The van der Waals surface area contributed by atoms with Gasteiger partial charge < -0.3 is 10.3 Å². The Labute approximate surface area is 125 Å². The van der Waals surface area contributed by atoms with E-state index < -0.39 is 0 Å². The molecule has 0 aliphatic rings. The van der Waals surface area contributed by atoms with Crippen LogP contribution in [0.2, 0.25) is 0 Å². The molecule has 0 amide bonds. The first kappa shape index (κ1) is 12.8. The number of anilines is 1. The highest BCUT2D eigenvalue weighted by atomic mass is 79.9. The van der Waals surface area contributed by atoms with Gasteiger partial charge in [-0.05, 0) is 42.0 Å². The molecule has 0 aliphatic carbocycles. The molecule has 0 saturated carbocycles. The Kier molecular flexibility index (Phi) is 3.21. The summed E-state index contributed by atoms with van der Waals surface area (Å²) in [4.78, 5) is 0. The lowest BCUT2D eigenvalue weighted by atomic mass is 10.1. The van der Waals surface area contributed by atoms with Gasteiger partial charge in [-0.2, -0.15) is 5.26 Å². The zero-order chi connectivity index (χ0) is 14.1. The number of nitriles is 1. The summed E-state index contributed by atoms with van der Waals surface area (Å²) in [5, 5.41) is 9.99.